The van der Waals surface area contributed by atoms with Crippen LogP contribution in [0.25, 0.3) is 0 Å². The molecule has 1 saturated heterocycles. The summed E-state index contributed by atoms with van der Waals surface area (Å²) >= 11 is 5.25. The van der Waals surface area contributed by atoms with E-state index in [9.17, 15) is 4.79 Å². The van der Waals surface area contributed by atoms with Crippen molar-refractivity contribution in [2.75, 3.05) is 13.2 Å². The maximum atomic E-state index is 12.6. The number of nitrogens with zero attached hydrogens (tertiary/aromatic N) is 1. The van der Waals surface area contributed by atoms with Crippen molar-refractivity contribution in [1.82, 2.24) is 5.32 Å². The number of carbonyl (C=O) groups is 1. The number of halogens is 1. The van der Waals surface area contributed by atoms with Gasteiger partial charge in [0.25, 0.3) is 5.91 Å². The highest BCUT2D eigenvalue weighted by atomic mass is 79.9. The Morgan fingerprint density at radius 2 is 2.15 bits per heavy atom. The quantitative estimate of drug-likeness (QED) is 0.690. The van der Waals surface area contributed by atoms with E-state index < -0.39 is 0 Å². The second kappa shape index (κ2) is 8.17. The molecule has 2 aromatic carbocycles. The molecule has 0 saturated carbocycles. The molecule has 2 aliphatic rings. The van der Waals surface area contributed by atoms with E-state index in [4.69, 9.17) is 9.73 Å². The summed E-state index contributed by atoms with van der Waals surface area (Å²) in [5.74, 6) is -0.0731. The second-order valence-electron chi connectivity index (χ2n) is 6.68. The van der Waals surface area contributed by atoms with E-state index in [0.717, 1.165) is 52.2 Å². The summed E-state index contributed by atoms with van der Waals surface area (Å²) < 4.78 is 6.62. The van der Waals surface area contributed by atoms with Crippen LogP contribution in [0, 0.1) is 0 Å². The Kier molecular flexibility index (Phi) is 5.66. The summed E-state index contributed by atoms with van der Waals surface area (Å²) in [6, 6.07) is 12.1. The average Bonchev–Trinajstić information content (AvgIpc) is 3.14. The molecule has 4 rings (SSSR count). The van der Waals surface area contributed by atoms with Gasteiger partial charge in [0.2, 0.25) is 0 Å². The first-order chi connectivity index (χ1) is 13.1. The van der Waals surface area contributed by atoms with Gasteiger partial charge in [-0.1, -0.05) is 34.6 Å². The zero-order chi connectivity index (χ0) is 18.8. The molecule has 140 valence electrons. The minimum Gasteiger partial charge on any atom is -0.376 e. The van der Waals surface area contributed by atoms with Crippen molar-refractivity contribution in [3.05, 3.63) is 52.0 Å². The van der Waals surface area contributed by atoms with Crippen LogP contribution in [0.4, 0.5) is 5.69 Å². The van der Waals surface area contributed by atoms with E-state index in [1.165, 1.54) is 4.90 Å². The number of benzene rings is 2. The normalized spacial score (nSPS) is 18.3. The van der Waals surface area contributed by atoms with Gasteiger partial charge in [-0.2, -0.15) is 0 Å². The lowest BCUT2D eigenvalue weighted by Crippen LogP contribution is -2.31. The minimum absolute atomic E-state index is 0.0731. The van der Waals surface area contributed by atoms with E-state index in [-0.39, 0.29) is 12.0 Å². The first kappa shape index (κ1) is 18.7. The molecule has 1 amide bonds. The first-order valence-corrected chi connectivity index (χ1v) is 10.8. The van der Waals surface area contributed by atoms with Crippen LogP contribution in [0.2, 0.25) is 0 Å². The third kappa shape index (κ3) is 4.13. The molecular formula is C21H21BrN2O2S. The minimum atomic E-state index is -0.0731. The lowest BCUT2D eigenvalue weighted by molar-refractivity contribution is 0.0858. The van der Waals surface area contributed by atoms with Gasteiger partial charge in [0, 0.05) is 44.3 Å². The zero-order valence-corrected chi connectivity index (χ0v) is 17.5. The number of fused-ring (bicyclic) bond motifs is 2. The standard InChI is InChI=1S/C21H21BrN2O2S/c1-2-17-16-11-14(22)6-8-19(16)27-20-7-5-13(10-18(20)24-17)21(25)23-12-15-4-3-9-26-15/h5-8,10-11,15H,2-4,9,12H2,1H3,(H,23,25). The van der Waals surface area contributed by atoms with Crippen molar-refractivity contribution in [3.8, 4) is 0 Å². The third-order valence-electron chi connectivity index (χ3n) is 4.80. The number of amides is 1. The summed E-state index contributed by atoms with van der Waals surface area (Å²) in [6.07, 6.45) is 3.06. The number of rotatable bonds is 4. The van der Waals surface area contributed by atoms with Gasteiger partial charge < -0.3 is 10.1 Å². The van der Waals surface area contributed by atoms with Crippen LogP contribution in [-0.2, 0) is 4.74 Å². The molecular weight excluding hydrogens is 424 g/mol. The molecule has 2 heterocycles. The Morgan fingerprint density at radius 3 is 2.93 bits per heavy atom. The van der Waals surface area contributed by atoms with Gasteiger partial charge in [-0.05, 0) is 55.7 Å². The largest absolute Gasteiger partial charge is 0.376 e. The van der Waals surface area contributed by atoms with Crippen LogP contribution in [0.1, 0.15) is 42.1 Å². The van der Waals surface area contributed by atoms with Crippen molar-refractivity contribution in [2.45, 2.75) is 42.1 Å². The lowest BCUT2D eigenvalue weighted by atomic mass is 10.1. The maximum Gasteiger partial charge on any atom is 0.251 e. The molecule has 27 heavy (non-hydrogen) atoms. The number of hydrogen-bond acceptors (Lipinski definition) is 4. The summed E-state index contributed by atoms with van der Waals surface area (Å²) in [7, 11) is 0. The van der Waals surface area contributed by atoms with Gasteiger partial charge in [-0.15, -0.1) is 0 Å². The Bertz CT molecular complexity index is 907. The highest BCUT2D eigenvalue weighted by molar-refractivity contribution is 9.10. The van der Waals surface area contributed by atoms with Gasteiger partial charge in [0.05, 0.1) is 11.8 Å². The topological polar surface area (TPSA) is 50.7 Å². The Hall–Kier alpha value is -1.63. The van der Waals surface area contributed by atoms with Crippen LogP contribution < -0.4 is 5.32 Å². The average molecular weight is 445 g/mol. The van der Waals surface area contributed by atoms with Crippen molar-refractivity contribution >= 4 is 45.0 Å². The molecule has 0 aliphatic carbocycles. The fraction of sp³-hybridized carbons (Fsp3) is 0.333. The van der Waals surface area contributed by atoms with Gasteiger partial charge in [0.1, 0.15) is 0 Å². The van der Waals surface area contributed by atoms with Gasteiger partial charge in [-0.25, -0.2) is 0 Å². The first-order valence-electron chi connectivity index (χ1n) is 9.23. The monoisotopic (exact) mass is 444 g/mol. The van der Waals surface area contributed by atoms with Crippen molar-refractivity contribution in [2.24, 2.45) is 4.99 Å². The van der Waals surface area contributed by atoms with E-state index >= 15 is 0 Å². The molecule has 2 aromatic rings. The second-order valence-corrected chi connectivity index (χ2v) is 8.68. The molecule has 1 fully saturated rings. The molecule has 0 aromatic heterocycles. The number of nitrogens with one attached hydrogen (secondary N) is 1. The fourth-order valence-electron chi connectivity index (χ4n) is 3.36. The summed E-state index contributed by atoms with van der Waals surface area (Å²) in [5, 5.41) is 2.99. The van der Waals surface area contributed by atoms with E-state index in [0.29, 0.717) is 12.1 Å². The smallest absolute Gasteiger partial charge is 0.251 e. The third-order valence-corrected chi connectivity index (χ3v) is 6.43. The fourth-order valence-corrected chi connectivity index (χ4v) is 4.72. The molecule has 6 heteroatoms. The molecule has 1 N–H and O–H groups in total. The molecule has 1 atom stereocenters. The summed E-state index contributed by atoms with van der Waals surface area (Å²) in [6.45, 7) is 3.47. The molecule has 2 aliphatic heterocycles. The highest BCUT2D eigenvalue weighted by Gasteiger charge is 2.20. The summed E-state index contributed by atoms with van der Waals surface area (Å²) in [5.41, 5.74) is 3.68. The number of hydrogen-bond donors (Lipinski definition) is 1. The van der Waals surface area contributed by atoms with Crippen LogP contribution in [-0.4, -0.2) is 30.9 Å². The number of ether oxygens (including phenoxy) is 1. The van der Waals surface area contributed by atoms with E-state index in [1.807, 2.05) is 18.2 Å². The van der Waals surface area contributed by atoms with Gasteiger partial charge in [0.15, 0.2) is 0 Å². The molecule has 0 radical (unpaired) electrons. The van der Waals surface area contributed by atoms with E-state index in [2.05, 4.69) is 46.4 Å². The highest BCUT2D eigenvalue weighted by Crippen LogP contribution is 2.41. The summed E-state index contributed by atoms with van der Waals surface area (Å²) in [4.78, 5) is 19.7. The molecule has 0 spiro atoms. The SMILES string of the molecule is CCC1=Nc2cc(C(=O)NCC3CCCO3)ccc2Sc2ccc(Br)cc21. The van der Waals surface area contributed by atoms with Crippen molar-refractivity contribution < 1.29 is 9.53 Å². The number of carbonyl (C=O) groups excluding carboxylic acids is 1. The molecule has 1 unspecified atom stereocenters. The van der Waals surface area contributed by atoms with Crippen molar-refractivity contribution in [3.63, 3.8) is 0 Å². The predicted octanol–water partition coefficient (Wildman–Crippen LogP) is 5.35. The Morgan fingerprint density at radius 1 is 1.30 bits per heavy atom. The van der Waals surface area contributed by atoms with Crippen LogP contribution >= 0.6 is 27.7 Å². The molecule has 4 nitrogen and oxygen atoms in total. The van der Waals surface area contributed by atoms with Crippen LogP contribution in [0.15, 0.2) is 55.7 Å². The van der Waals surface area contributed by atoms with Gasteiger partial charge >= 0.3 is 0 Å². The number of aliphatic imine (C=N–C) groups is 1. The predicted molar refractivity (Wildman–Crippen MR) is 113 cm³/mol. The van der Waals surface area contributed by atoms with Crippen molar-refractivity contribution in [1.29, 1.82) is 0 Å². The maximum absolute atomic E-state index is 12.6. The van der Waals surface area contributed by atoms with E-state index in [1.54, 1.807) is 11.8 Å². The lowest BCUT2D eigenvalue weighted by Gasteiger charge is -2.11. The van der Waals surface area contributed by atoms with Gasteiger partial charge in [-0.3, -0.25) is 9.79 Å². The van der Waals surface area contributed by atoms with Crippen LogP contribution in [0.3, 0.4) is 0 Å². The molecule has 0 bridgehead atoms. The van der Waals surface area contributed by atoms with Crippen LogP contribution in [0.5, 0.6) is 0 Å². The zero-order valence-electron chi connectivity index (χ0n) is 15.1. The Labute approximate surface area is 171 Å². The Balaban J connectivity index is 1.60.